The molecule has 0 bridgehead atoms. The molecule has 0 atom stereocenters. The fourth-order valence-electron chi connectivity index (χ4n) is 2.31. The summed E-state index contributed by atoms with van der Waals surface area (Å²) in [5, 5.41) is 2.68. The maximum Gasteiger partial charge on any atom is 0.220 e. The van der Waals surface area contributed by atoms with Crippen molar-refractivity contribution in [1.82, 2.24) is 5.32 Å². The Morgan fingerprint density at radius 1 is 1.25 bits per heavy atom. The van der Waals surface area contributed by atoms with E-state index in [-0.39, 0.29) is 35.7 Å². The first kappa shape index (κ1) is 15.0. The van der Waals surface area contributed by atoms with E-state index in [1.807, 2.05) is 0 Å². The Bertz CT molecular complexity index is 572. The van der Waals surface area contributed by atoms with E-state index in [0.29, 0.717) is 24.8 Å². The average Bonchev–Trinajstić information content (AvgIpc) is 2.40. The van der Waals surface area contributed by atoms with Crippen LogP contribution >= 0.6 is 0 Å². The van der Waals surface area contributed by atoms with E-state index in [9.17, 15) is 17.6 Å². The molecule has 4 nitrogen and oxygen atoms in total. The van der Waals surface area contributed by atoms with Crippen LogP contribution in [0.2, 0.25) is 0 Å². The van der Waals surface area contributed by atoms with Crippen molar-refractivity contribution in [2.24, 2.45) is 5.92 Å². The van der Waals surface area contributed by atoms with Crippen molar-refractivity contribution in [3.63, 3.8) is 0 Å². The second-order valence-electron chi connectivity index (χ2n) is 5.17. The third kappa shape index (κ3) is 4.30. The van der Waals surface area contributed by atoms with Gasteiger partial charge in [0.25, 0.3) is 0 Å². The Hall–Kier alpha value is -1.43. The molecule has 0 saturated carbocycles. The summed E-state index contributed by atoms with van der Waals surface area (Å²) in [6, 6.07) is 6.30. The summed E-state index contributed by atoms with van der Waals surface area (Å²) in [5.41, 5.74) is 0.451. The predicted octanol–water partition coefficient (Wildman–Crippen LogP) is 1.66. The van der Waals surface area contributed by atoms with Gasteiger partial charge in [-0.3, -0.25) is 4.79 Å². The van der Waals surface area contributed by atoms with Gasteiger partial charge in [-0.25, -0.2) is 12.8 Å². The molecule has 0 radical (unpaired) electrons. The Labute approximate surface area is 118 Å². The third-order valence-electron chi connectivity index (χ3n) is 3.58. The quantitative estimate of drug-likeness (QED) is 0.919. The van der Waals surface area contributed by atoms with Gasteiger partial charge in [0.2, 0.25) is 5.91 Å². The minimum absolute atomic E-state index is 0.110. The number of carbonyl (C=O) groups excluding carboxylic acids is 1. The minimum atomic E-state index is -2.89. The summed E-state index contributed by atoms with van der Waals surface area (Å²) < 4.78 is 35.9. The SMILES string of the molecule is O=C(CC1CCS(=O)(=O)CC1)NCc1ccccc1F. The van der Waals surface area contributed by atoms with E-state index in [4.69, 9.17) is 0 Å². The van der Waals surface area contributed by atoms with Crippen molar-refractivity contribution < 1.29 is 17.6 Å². The molecule has 0 aliphatic carbocycles. The Kier molecular flexibility index (Phi) is 4.75. The molecule has 1 heterocycles. The lowest BCUT2D eigenvalue weighted by Gasteiger charge is -2.21. The standard InChI is InChI=1S/C14H18FNO3S/c15-13-4-2-1-3-12(13)10-16-14(17)9-11-5-7-20(18,19)8-6-11/h1-4,11H,5-10H2,(H,16,17). The second kappa shape index (κ2) is 6.35. The molecule has 1 aromatic rings. The summed E-state index contributed by atoms with van der Waals surface area (Å²) in [4.78, 5) is 11.8. The van der Waals surface area contributed by atoms with Crippen molar-refractivity contribution in [2.45, 2.75) is 25.8 Å². The maximum absolute atomic E-state index is 13.4. The van der Waals surface area contributed by atoms with Gasteiger partial charge < -0.3 is 5.32 Å². The van der Waals surface area contributed by atoms with E-state index >= 15 is 0 Å². The zero-order chi connectivity index (χ0) is 14.6. The monoisotopic (exact) mass is 299 g/mol. The van der Waals surface area contributed by atoms with E-state index in [2.05, 4.69) is 5.32 Å². The molecule has 110 valence electrons. The van der Waals surface area contributed by atoms with Crippen LogP contribution < -0.4 is 5.32 Å². The van der Waals surface area contributed by atoms with Crippen molar-refractivity contribution in [1.29, 1.82) is 0 Å². The van der Waals surface area contributed by atoms with Gasteiger partial charge in [-0.05, 0) is 24.8 Å². The Morgan fingerprint density at radius 3 is 2.55 bits per heavy atom. The number of amides is 1. The zero-order valence-electron chi connectivity index (χ0n) is 11.1. The highest BCUT2D eigenvalue weighted by molar-refractivity contribution is 7.91. The maximum atomic E-state index is 13.4. The van der Waals surface area contributed by atoms with E-state index in [1.54, 1.807) is 18.2 Å². The average molecular weight is 299 g/mol. The number of carbonyl (C=O) groups is 1. The number of hydrogen-bond acceptors (Lipinski definition) is 3. The zero-order valence-corrected chi connectivity index (χ0v) is 12.0. The fourth-order valence-corrected chi connectivity index (χ4v) is 3.90. The molecular weight excluding hydrogens is 281 g/mol. The van der Waals surface area contributed by atoms with Crippen LogP contribution in [0, 0.1) is 11.7 Å². The molecule has 1 fully saturated rings. The van der Waals surface area contributed by atoms with Crippen LogP contribution in [0.4, 0.5) is 4.39 Å². The summed E-state index contributed by atoms with van der Waals surface area (Å²) in [5.74, 6) is -0.0514. The third-order valence-corrected chi connectivity index (χ3v) is 5.30. The second-order valence-corrected chi connectivity index (χ2v) is 7.47. The van der Waals surface area contributed by atoms with Crippen LogP contribution in [-0.4, -0.2) is 25.8 Å². The predicted molar refractivity (Wildman–Crippen MR) is 74.2 cm³/mol. The summed E-state index contributed by atoms with van der Waals surface area (Å²) in [6.45, 7) is 0.163. The van der Waals surface area contributed by atoms with Crippen molar-refractivity contribution in [3.05, 3.63) is 35.6 Å². The molecule has 20 heavy (non-hydrogen) atoms. The van der Waals surface area contributed by atoms with Gasteiger partial charge in [0.05, 0.1) is 11.5 Å². The molecule has 0 aromatic heterocycles. The number of halogens is 1. The van der Waals surface area contributed by atoms with Crippen LogP contribution in [0.25, 0.3) is 0 Å². The summed E-state index contributed by atoms with van der Waals surface area (Å²) >= 11 is 0. The molecule has 1 aromatic carbocycles. The van der Waals surface area contributed by atoms with Gasteiger partial charge in [-0.2, -0.15) is 0 Å². The van der Waals surface area contributed by atoms with Gasteiger partial charge in [0, 0.05) is 18.5 Å². The lowest BCUT2D eigenvalue weighted by atomic mass is 9.98. The molecular formula is C14H18FNO3S. The first-order valence-corrected chi connectivity index (χ1v) is 8.49. The van der Waals surface area contributed by atoms with Crippen LogP contribution in [-0.2, 0) is 21.2 Å². The smallest absolute Gasteiger partial charge is 0.220 e. The molecule has 1 amide bonds. The van der Waals surface area contributed by atoms with Crippen LogP contribution in [0.5, 0.6) is 0 Å². The first-order valence-electron chi connectivity index (χ1n) is 6.67. The van der Waals surface area contributed by atoms with Gasteiger partial charge in [-0.15, -0.1) is 0 Å². The van der Waals surface area contributed by atoms with Gasteiger partial charge in [-0.1, -0.05) is 18.2 Å². The summed E-state index contributed by atoms with van der Waals surface area (Å²) in [6.07, 6.45) is 1.38. The van der Waals surface area contributed by atoms with Crippen molar-refractivity contribution in [2.75, 3.05) is 11.5 Å². The molecule has 0 spiro atoms. The lowest BCUT2D eigenvalue weighted by molar-refractivity contribution is -0.122. The molecule has 1 aliphatic rings. The largest absolute Gasteiger partial charge is 0.352 e. The highest BCUT2D eigenvalue weighted by atomic mass is 32.2. The number of sulfone groups is 1. The van der Waals surface area contributed by atoms with Crippen LogP contribution in [0.1, 0.15) is 24.8 Å². The molecule has 1 N–H and O–H groups in total. The molecule has 1 saturated heterocycles. The Balaban J connectivity index is 1.78. The van der Waals surface area contributed by atoms with Gasteiger partial charge in [0.15, 0.2) is 0 Å². The number of nitrogens with one attached hydrogen (secondary N) is 1. The van der Waals surface area contributed by atoms with Crippen molar-refractivity contribution in [3.8, 4) is 0 Å². The number of hydrogen-bond donors (Lipinski definition) is 1. The highest BCUT2D eigenvalue weighted by Gasteiger charge is 2.25. The normalized spacial score (nSPS) is 18.6. The number of rotatable bonds is 4. The van der Waals surface area contributed by atoms with Crippen LogP contribution in [0.15, 0.2) is 24.3 Å². The molecule has 6 heteroatoms. The van der Waals surface area contributed by atoms with E-state index in [1.165, 1.54) is 6.07 Å². The van der Waals surface area contributed by atoms with Crippen molar-refractivity contribution >= 4 is 15.7 Å². The lowest BCUT2D eigenvalue weighted by Crippen LogP contribution is -2.30. The fraction of sp³-hybridized carbons (Fsp3) is 0.500. The van der Waals surface area contributed by atoms with Gasteiger partial charge in [0.1, 0.15) is 15.7 Å². The van der Waals surface area contributed by atoms with Gasteiger partial charge >= 0.3 is 0 Å². The Morgan fingerprint density at radius 2 is 1.90 bits per heavy atom. The van der Waals surface area contributed by atoms with Crippen LogP contribution in [0.3, 0.4) is 0 Å². The molecule has 2 rings (SSSR count). The van der Waals surface area contributed by atoms with E-state index < -0.39 is 9.84 Å². The first-order chi connectivity index (χ1) is 9.46. The molecule has 1 aliphatic heterocycles. The molecule has 0 unspecified atom stereocenters. The van der Waals surface area contributed by atoms with E-state index in [0.717, 1.165) is 0 Å². The number of benzene rings is 1. The summed E-state index contributed by atoms with van der Waals surface area (Å²) in [7, 11) is -2.89. The topological polar surface area (TPSA) is 63.2 Å². The highest BCUT2D eigenvalue weighted by Crippen LogP contribution is 2.21. The minimum Gasteiger partial charge on any atom is -0.352 e.